The summed E-state index contributed by atoms with van der Waals surface area (Å²) in [6, 6.07) is 5.93. The number of hydrogen-bond donors (Lipinski definition) is 1. The average Bonchev–Trinajstić information content (AvgIpc) is 2.83. The highest BCUT2D eigenvalue weighted by Crippen LogP contribution is 2.39. The minimum absolute atomic E-state index is 0.177. The highest BCUT2D eigenvalue weighted by molar-refractivity contribution is 5.69. The third kappa shape index (κ3) is 4.19. The molecule has 0 radical (unpaired) electrons. The van der Waals surface area contributed by atoms with Crippen molar-refractivity contribution in [3.63, 3.8) is 0 Å². The molecule has 3 rings (SSSR count). The summed E-state index contributed by atoms with van der Waals surface area (Å²) < 4.78 is 5.57. The fourth-order valence-electron chi connectivity index (χ4n) is 3.80. The van der Waals surface area contributed by atoms with Gasteiger partial charge < -0.3 is 15.0 Å². The number of anilines is 1. The highest BCUT2D eigenvalue weighted by Gasteiger charge is 2.44. The van der Waals surface area contributed by atoms with Gasteiger partial charge in [-0.15, -0.1) is 10.2 Å². The zero-order valence-corrected chi connectivity index (χ0v) is 15.0. The zero-order chi connectivity index (χ0) is 18.0. The summed E-state index contributed by atoms with van der Waals surface area (Å²) >= 11 is 0. The van der Waals surface area contributed by atoms with Gasteiger partial charge in [0.05, 0.1) is 0 Å². The first kappa shape index (κ1) is 17.5. The van der Waals surface area contributed by atoms with E-state index in [1.165, 1.54) is 0 Å². The number of fused-ring (bicyclic) bond motifs is 2. The monoisotopic (exact) mass is 343 g/mol. The van der Waals surface area contributed by atoms with Crippen molar-refractivity contribution < 1.29 is 9.53 Å². The third-order valence-electron chi connectivity index (χ3n) is 4.79. The van der Waals surface area contributed by atoms with E-state index in [2.05, 4.69) is 15.5 Å². The molecule has 7 nitrogen and oxygen atoms in total. The molecule has 2 atom stereocenters. The lowest BCUT2D eigenvalue weighted by Gasteiger charge is -2.39. The number of nitrogens with zero attached hydrogens (tertiary/aromatic N) is 4. The number of amides is 1. The Morgan fingerprint density at radius 2 is 2.00 bits per heavy atom. The SMILES string of the molecule is CC(C)(C)OC(=O)N1C2CCC1CC(CNc1ccc(C#N)nn1)C2. The predicted octanol–water partition coefficient (Wildman–Crippen LogP) is 2.94. The molecule has 2 bridgehead atoms. The minimum atomic E-state index is -0.455. The molecule has 2 aliphatic rings. The number of carbonyl (C=O) groups excluding carboxylic acids is 1. The Morgan fingerprint density at radius 1 is 1.32 bits per heavy atom. The van der Waals surface area contributed by atoms with Gasteiger partial charge in [-0.1, -0.05) is 0 Å². The van der Waals surface area contributed by atoms with Crippen LogP contribution in [-0.2, 0) is 4.74 Å². The number of ether oxygens (including phenoxy) is 1. The first-order valence-electron chi connectivity index (χ1n) is 8.85. The molecule has 2 unspecified atom stereocenters. The molecule has 134 valence electrons. The Labute approximate surface area is 148 Å². The van der Waals surface area contributed by atoms with Crippen molar-refractivity contribution >= 4 is 11.9 Å². The van der Waals surface area contributed by atoms with E-state index in [1.807, 2.05) is 31.7 Å². The molecule has 2 aliphatic heterocycles. The lowest BCUT2D eigenvalue weighted by Crippen LogP contribution is -2.49. The Kier molecular flexibility index (Phi) is 4.80. The standard InChI is InChI=1S/C18H25N5O2/c1-18(2,3)25-17(24)23-14-5-6-15(23)9-12(8-14)11-20-16-7-4-13(10-19)21-22-16/h4,7,12,14-15H,5-6,8-9,11H2,1-3H3,(H,20,22). The second-order valence-corrected chi connectivity index (χ2v) is 7.91. The molecular formula is C18H25N5O2. The van der Waals surface area contributed by atoms with E-state index in [1.54, 1.807) is 12.1 Å². The Balaban J connectivity index is 1.54. The molecule has 0 spiro atoms. The van der Waals surface area contributed by atoms with Crippen LogP contribution in [0.3, 0.4) is 0 Å². The Bertz CT molecular complexity index is 648. The molecule has 0 saturated carbocycles. The molecule has 2 saturated heterocycles. The van der Waals surface area contributed by atoms with Crippen molar-refractivity contribution in [1.29, 1.82) is 5.26 Å². The second-order valence-electron chi connectivity index (χ2n) is 7.91. The van der Waals surface area contributed by atoms with Gasteiger partial charge >= 0.3 is 6.09 Å². The fraction of sp³-hybridized carbons (Fsp3) is 0.667. The van der Waals surface area contributed by atoms with E-state index in [0.717, 1.165) is 32.2 Å². The largest absolute Gasteiger partial charge is 0.444 e. The van der Waals surface area contributed by atoms with Crippen LogP contribution in [-0.4, -0.2) is 45.4 Å². The molecule has 3 heterocycles. The molecule has 25 heavy (non-hydrogen) atoms. The fourth-order valence-corrected chi connectivity index (χ4v) is 3.80. The second kappa shape index (κ2) is 6.87. The van der Waals surface area contributed by atoms with E-state index >= 15 is 0 Å². The maximum atomic E-state index is 12.5. The van der Waals surface area contributed by atoms with E-state index in [9.17, 15) is 4.79 Å². The van der Waals surface area contributed by atoms with Crippen LogP contribution in [0.15, 0.2) is 12.1 Å². The molecular weight excluding hydrogens is 318 g/mol. The van der Waals surface area contributed by atoms with Gasteiger partial charge in [0, 0.05) is 18.6 Å². The summed E-state index contributed by atoms with van der Waals surface area (Å²) in [4.78, 5) is 14.4. The number of aromatic nitrogens is 2. The predicted molar refractivity (Wildman–Crippen MR) is 92.8 cm³/mol. The van der Waals surface area contributed by atoms with Gasteiger partial charge in [0.25, 0.3) is 0 Å². The molecule has 1 aromatic rings. The van der Waals surface area contributed by atoms with Crippen LogP contribution in [0.25, 0.3) is 0 Å². The van der Waals surface area contributed by atoms with E-state index in [4.69, 9.17) is 10.00 Å². The molecule has 0 aliphatic carbocycles. The minimum Gasteiger partial charge on any atom is -0.444 e. The van der Waals surface area contributed by atoms with Crippen molar-refractivity contribution in [2.24, 2.45) is 5.92 Å². The van der Waals surface area contributed by atoms with Gasteiger partial charge in [0.1, 0.15) is 17.5 Å². The van der Waals surface area contributed by atoms with Crippen molar-refractivity contribution in [2.75, 3.05) is 11.9 Å². The Hall–Kier alpha value is -2.36. The quantitative estimate of drug-likeness (QED) is 0.907. The van der Waals surface area contributed by atoms with Gasteiger partial charge in [-0.25, -0.2) is 4.79 Å². The number of hydrogen-bond acceptors (Lipinski definition) is 6. The number of carbonyl (C=O) groups is 1. The summed E-state index contributed by atoms with van der Waals surface area (Å²) in [5, 5.41) is 19.9. The normalized spacial score (nSPS) is 25.4. The van der Waals surface area contributed by atoms with E-state index < -0.39 is 5.60 Å². The third-order valence-corrected chi connectivity index (χ3v) is 4.79. The molecule has 2 fully saturated rings. The van der Waals surface area contributed by atoms with Crippen LogP contribution < -0.4 is 5.32 Å². The topological polar surface area (TPSA) is 91.1 Å². The summed E-state index contributed by atoms with van der Waals surface area (Å²) in [7, 11) is 0. The van der Waals surface area contributed by atoms with Crippen molar-refractivity contribution in [3.05, 3.63) is 17.8 Å². The summed E-state index contributed by atoms with van der Waals surface area (Å²) in [6.45, 7) is 6.52. The van der Waals surface area contributed by atoms with Gasteiger partial charge in [0.2, 0.25) is 0 Å². The maximum Gasteiger partial charge on any atom is 0.410 e. The van der Waals surface area contributed by atoms with E-state index in [0.29, 0.717) is 17.4 Å². The maximum absolute atomic E-state index is 12.5. The first-order chi connectivity index (χ1) is 11.9. The summed E-state index contributed by atoms with van der Waals surface area (Å²) in [5.74, 6) is 1.18. The molecule has 1 N–H and O–H groups in total. The number of rotatable bonds is 3. The van der Waals surface area contributed by atoms with Crippen LogP contribution >= 0.6 is 0 Å². The summed E-state index contributed by atoms with van der Waals surface area (Å²) in [5.41, 5.74) is -0.141. The van der Waals surface area contributed by atoms with Gasteiger partial charge in [-0.2, -0.15) is 5.26 Å². The lowest BCUT2D eigenvalue weighted by atomic mass is 9.91. The van der Waals surface area contributed by atoms with Crippen molar-refractivity contribution in [3.8, 4) is 6.07 Å². The molecule has 1 amide bonds. The van der Waals surface area contributed by atoms with Gasteiger partial charge in [-0.05, 0) is 64.5 Å². The molecule has 7 heteroatoms. The lowest BCUT2D eigenvalue weighted by molar-refractivity contribution is 0.00283. The van der Waals surface area contributed by atoms with E-state index in [-0.39, 0.29) is 18.2 Å². The van der Waals surface area contributed by atoms with Gasteiger partial charge in [0.15, 0.2) is 5.69 Å². The van der Waals surface area contributed by atoms with Crippen LogP contribution in [0.1, 0.15) is 52.1 Å². The highest BCUT2D eigenvalue weighted by atomic mass is 16.6. The smallest absolute Gasteiger partial charge is 0.410 e. The first-order valence-corrected chi connectivity index (χ1v) is 8.85. The number of nitrogens with one attached hydrogen (secondary N) is 1. The van der Waals surface area contributed by atoms with Crippen LogP contribution in [0.5, 0.6) is 0 Å². The van der Waals surface area contributed by atoms with Gasteiger partial charge in [-0.3, -0.25) is 0 Å². The van der Waals surface area contributed by atoms with Crippen LogP contribution in [0, 0.1) is 17.2 Å². The Morgan fingerprint density at radius 3 is 2.52 bits per heavy atom. The van der Waals surface area contributed by atoms with Crippen molar-refractivity contribution in [2.45, 2.75) is 64.1 Å². The van der Waals surface area contributed by atoms with Crippen molar-refractivity contribution in [1.82, 2.24) is 15.1 Å². The summed E-state index contributed by atoms with van der Waals surface area (Å²) in [6.07, 6.45) is 3.89. The number of piperidine rings is 1. The zero-order valence-electron chi connectivity index (χ0n) is 15.0. The van der Waals surface area contributed by atoms with Crippen LogP contribution in [0.2, 0.25) is 0 Å². The number of nitriles is 1. The van der Waals surface area contributed by atoms with Crippen LogP contribution in [0.4, 0.5) is 10.6 Å². The molecule has 0 aromatic carbocycles. The molecule has 1 aromatic heterocycles. The average molecular weight is 343 g/mol.